The highest BCUT2D eigenvalue weighted by Crippen LogP contribution is 2.24. The molecule has 0 saturated carbocycles. The summed E-state index contributed by atoms with van der Waals surface area (Å²) in [6, 6.07) is -0.153. The van der Waals surface area contributed by atoms with E-state index >= 15 is 0 Å². The maximum atomic E-state index is 11.9. The van der Waals surface area contributed by atoms with Crippen molar-refractivity contribution in [3.05, 3.63) is 16.1 Å². The summed E-state index contributed by atoms with van der Waals surface area (Å²) in [4.78, 5) is 28.3. The van der Waals surface area contributed by atoms with Crippen LogP contribution in [0.25, 0.3) is 0 Å². The Balaban J connectivity index is 1.65. The number of nitrogens with one attached hydrogen (secondary N) is 1. The molecule has 1 aromatic heterocycles. The number of nitrogens with zero attached hydrogens (tertiary/aromatic N) is 2. The maximum absolute atomic E-state index is 11.9. The van der Waals surface area contributed by atoms with Crippen molar-refractivity contribution in [2.45, 2.75) is 25.9 Å². The van der Waals surface area contributed by atoms with Gasteiger partial charge >= 0.3 is 12.0 Å². The molecule has 21 heavy (non-hydrogen) atoms. The zero-order valence-corrected chi connectivity index (χ0v) is 12.9. The van der Waals surface area contributed by atoms with Gasteiger partial charge in [0.15, 0.2) is 0 Å². The lowest BCUT2D eigenvalue weighted by molar-refractivity contribution is -0.159. The number of rotatable bonds is 6. The highest BCUT2D eigenvalue weighted by molar-refractivity contribution is 7.09. The first-order valence-electron chi connectivity index (χ1n) is 6.67. The van der Waals surface area contributed by atoms with E-state index in [0.717, 1.165) is 10.7 Å². The molecule has 1 aromatic rings. The highest BCUT2D eigenvalue weighted by atomic mass is 32.1. The van der Waals surface area contributed by atoms with Crippen molar-refractivity contribution in [3.8, 4) is 0 Å². The molecule has 1 aliphatic heterocycles. The van der Waals surface area contributed by atoms with Gasteiger partial charge in [0, 0.05) is 24.0 Å². The zero-order chi connectivity index (χ0) is 15.5. The van der Waals surface area contributed by atoms with Gasteiger partial charge in [0.1, 0.15) is 12.2 Å². The van der Waals surface area contributed by atoms with E-state index in [2.05, 4.69) is 10.3 Å². The van der Waals surface area contributed by atoms with E-state index in [9.17, 15) is 9.59 Å². The minimum Gasteiger partial charge on any atom is -0.480 e. The molecule has 116 valence electrons. The van der Waals surface area contributed by atoms with Crippen molar-refractivity contribution in [2.75, 3.05) is 26.2 Å². The molecule has 2 N–H and O–H groups in total. The fourth-order valence-electron chi connectivity index (χ4n) is 2.14. The van der Waals surface area contributed by atoms with Crippen molar-refractivity contribution >= 4 is 23.3 Å². The lowest BCUT2D eigenvalue weighted by Crippen LogP contribution is -2.65. The van der Waals surface area contributed by atoms with Crippen LogP contribution in [0, 0.1) is 6.92 Å². The van der Waals surface area contributed by atoms with E-state index in [1.807, 2.05) is 12.3 Å². The number of likely N-dealkylation sites (tertiary alicyclic amines) is 1. The summed E-state index contributed by atoms with van der Waals surface area (Å²) >= 11 is 1.59. The first-order chi connectivity index (χ1) is 9.88. The summed E-state index contributed by atoms with van der Waals surface area (Å²) in [7, 11) is 0. The first-order valence-corrected chi connectivity index (χ1v) is 7.55. The monoisotopic (exact) mass is 313 g/mol. The number of aliphatic carboxylic acids is 1. The van der Waals surface area contributed by atoms with Gasteiger partial charge in [-0.3, -0.25) is 0 Å². The predicted molar refractivity (Wildman–Crippen MR) is 77.5 cm³/mol. The lowest BCUT2D eigenvalue weighted by Gasteiger charge is -2.46. The molecule has 2 amide bonds. The average Bonchev–Trinajstić information content (AvgIpc) is 2.78. The van der Waals surface area contributed by atoms with Gasteiger partial charge in [-0.2, -0.15) is 0 Å². The molecule has 0 aromatic carbocycles. The molecule has 1 aliphatic rings. The molecule has 2 heterocycles. The Bertz CT molecular complexity index is 525. The van der Waals surface area contributed by atoms with Gasteiger partial charge in [0.2, 0.25) is 0 Å². The number of carbonyl (C=O) groups excluding carboxylic acids is 1. The minimum absolute atomic E-state index is 0.153. The molecule has 7 nitrogen and oxygen atoms in total. The lowest BCUT2D eigenvalue weighted by atomic mass is 9.97. The molecule has 1 fully saturated rings. The zero-order valence-electron chi connectivity index (χ0n) is 12.1. The standard InChI is InChI=1S/C13H19N3O4S/c1-9-6-21-10(15-9)3-4-14-12(19)16-7-13(2,8-16)20-5-11(17)18/h6H,3-5,7-8H2,1-2H3,(H,14,19)(H,17,18). The molecule has 0 radical (unpaired) electrons. The third-order valence-corrected chi connectivity index (χ3v) is 4.19. The number of aromatic nitrogens is 1. The second-order valence-corrected chi connectivity index (χ2v) is 6.30. The summed E-state index contributed by atoms with van der Waals surface area (Å²) in [5, 5.41) is 14.4. The topological polar surface area (TPSA) is 91.8 Å². The molecule has 1 saturated heterocycles. The van der Waals surface area contributed by atoms with Gasteiger partial charge in [-0.05, 0) is 13.8 Å². The Morgan fingerprint density at radius 3 is 2.86 bits per heavy atom. The number of carboxylic acid groups (broad SMARTS) is 1. The van der Waals surface area contributed by atoms with Crippen molar-refractivity contribution < 1.29 is 19.4 Å². The third kappa shape index (κ3) is 4.40. The fourth-order valence-corrected chi connectivity index (χ4v) is 2.91. The second-order valence-electron chi connectivity index (χ2n) is 5.35. The number of thiazole rings is 1. The predicted octanol–water partition coefficient (Wildman–Crippen LogP) is 0.879. The molecule has 8 heteroatoms. The van der Waals surface area contributed by atoms with Crippen molar-refractivity contribution in [1.82, 2.24) is 15.2 Å². The smallest absolute Gasteiger partial charge is 0.329 e. The van der Waals surface area contributed by atoms with Crippen LogP contribution in [0.5, 0.6) is 0 Å². The maximum Gasteiger partial charge on any atom is 0.329 e. The van der Waals surface area contributed by atoms with E-state index in [0.29, 0.717) is 26.1 Å². The number of aryl methyl sites for hydroxylation is 1. The quantitative estimate of drug-likeness (QED) is 0.813. The molecule has 0 unspecified atom stereocenters. The number of hydrogen-bond acceptors (Lipinski definition) is 5. The van der Waals surface area contributed by atoms with Crippen LogP contribution >= 0.6 is 11.3 Å². The number of ether oxygens (including phenoxy) is 1. The van der Waals surface area contributed by atoms with Gasteiger partial charge in [0.25, 0.3) is 0 Å². The van der Waals surface area contributed by atoms with Crippen LogP contribution in [0.2, 0.25) is 0 Å². The van der Waals surface area contributed by atoms with Gasteiger partial charge in [-0.15, -0.1) is 11.3 Å². The average molecular weight is 313 g/mol. The number of carboxylic acids is 1. The van der Waals surface area contributed by atoms with Crippen LogP contribution in [-0.4, -0.2) is 58.8 Å². The van der Waals surface area contributed by atoms with E-state index < -0.39 is 11.6 Å². The van der Waals surface area contributed by atoms with E-state index in [1.165, 1.54) is 0 Å². The van der Waals surface area contributed by atoms with Crippen LogP contribution < -0.4 is 5.32 Å². The Hall–Kier alpha value is -1.67. The molecule has 0 atom stereocenters. The number of hydrogen-bond donors (Lipinski definition) is 2. The molecule has 0 spiro atoms. The summed E-state index contributed by atoms with van der Waals surface area (Å²) in [6.45, 7) is 4.75. The van der Waals surface area contributed by atoms with Gasteiger partial charge in [-0.1, -0.05) is 0 Å². The van der Waals surface area contributed by atoms with E-state index in [4.69, 9.17) is 9.84 Å². The van der Waals surface area contributed by atoms with Gasteiger partial charge in [-0.25, -0.2) is 14.6 Å². The van der Waals surface area contributed by atoms with Crippen molar-refractivity contribution in [2.24, 2.45) is 0 Å². The SMILES string of the molecule is Cc1csc(CCNC(=O)N2CC(C)(OCC(=O)O)C2)n1. The normalized spacial score (nSPS) is 16.4. The summed E-state index contributed by atoms with van der Waals surface area (Å²) in [6.07, 6.45) is 0.713. The van der Waals surface area contributed by atoms with E-state index in [-0.39, 0.29) is 12.6 Å². The van der Waals surface area contributed by atoms with Crippen LogP contribution in [0.15, 0.2) is 5.38 Å². The first kappa shape index (κ1) is 15.7. The van der Waals surface area contributed by atoms with Crippen molar-refractivity contribution in [1.29, 1.82) is 0 Å². The minimum atomic E-state index is -1.00. The third-order valence-electron chi connectivity index (χ3n) is 3.16. The van der Waals surface area contributed by atoms with E-state index in [1.54, 1.807) is 23.2 Å². The Morgan fingerprint density at radius 2 is 2.29 bits per heavy atom. The summed E-state index contributed by atoms with van der Waals surface area (Å²) in [5.74, 6) is -1.00. The van der Waals surface area contributed by atoms with Gasteiger partial charge in [0.05, 0.1) is 18.1 Å². The number of urea groups is 1. The van der Waals surface area contributed by atoms with Crippen LogP contribution in [-0.2, 0) is 16.0 Å². The molecule has 2 rings (SSSR count). The molecule has 0 aliphatic carbocycles. The fraction of sp³-hybridized carbons (Fsp3) is 0.615. The van der Waals surface area contributed by atoms with Crippen LogP contribution in [0.3, 0.4) is 0 Å². The van der Waals surface area contributed by atoms with Crippen LogP contribution in [0.1, 0.15) is 17.6 Å². The Kier molecular flexibility index (Phi) is 4.79. The largest absolute Gasteiger partial charge is 0.480 e. The number of amides is 2. The van der Waals surface area contributed by atoms with Crippen LogP contribution in [0.4, 0.5) is 4.79 Å². The summed E-state index contributed by atoms with van der Waals surface area (Å²) in [5.41, 5.74) is 0.442. The summed E-state index contributed by atoms with van der Waals surface area (Å²) < 4.78 is 5.25. The Morgan fingerprint density at radius 1 is 1.57 bits per heavy atom. The molecular formula is C13H19N3O4S. The van der Waals surface area contributed by atoms with Gasteiger partial charge < -0.3 is 20.1 Å². The second kappa shape index (κ2) is 6.40. The number of carbonyl (C=O) groups is 2. The highest BCUT2D eigenvalue weighted by Gasteiger charge is 2.42. The molecule has 0 bridgehead atoms. The van der Waals surface area contributed by atoms with Crippen molar-refractivity contribution in [3.63, 3.8) is 0 Å². The molecular weight excluding hydrogens is 294 g/mol. The Labute approximate surface area is 126 Å².